The predicted molar refractivity (Wildman–Crippen MR) is 50.8 cm³/mol. The predicted octanol–water partition coefficient (Wildman–Crippen LogP) is 1.79. The number of nitrogens with zero attached hydrogens (tertiary/aromatic N) is 1. The van der Waals surface area contributed by atoms with Gasteiger partial charge >= 0.3 is 0 Å². The normalized spacial score (nSPS) is 13.8. The lowest BCUT2D eigenvalue weighted by Gasteiger charge is -2.17. The van der Waals surface area contributed by atoms with Gasteiger partial charge in [0.2, 0.25) is 0 Å². The molecule has 0 amide bonds. The molecule has 0 radical (unpaired) electrons. The fraction of sp³-hybridized carbons (Fsp3) is 1.00. The van der Waals surface area contributed by atoms with E-state index in [0.717, 1.165) is 25.3 Å². The summed E-state index contributed by atoms with van der Waals surface area (Å²) in [6, 6.07) is 0. The molecular formula is C8H19NOS. The zero-order chi connectivity index (χ0) is 8.69. The fourth-order valence-corrected chi connectivity index (χ4v) is 1.91. The molecule has 0 aliphatic heterocycles. The Hall–Kier alpha value is 0.110. The molecule has 3 heteroatoms. The molecule has 1 atom stereocenters. The highest BCUT2D eigenvalue weighted by Gasteiger charge is 2.06. The molecule has 0 rings (SSSR count). The molecule has 0 aromatic carbocycles. The number of rotatable bonds is 6. The molecule has 0 bridgehead atoms. The van der Waals surface area contributed by atoms with E-state index in [-0.39, 0.29) is 0 Å². The molecule has 0 aromatic heterocycles. The smallest absolute Gasteiger partial charge is 0.0939 e. The average molecular weight is 177 g/mol. The molecular weight excluding hydrogens is 158 g/mol. The van der Waals surface area contributed by atoms with Crippen LogP contribution in [0.2, 0.25) is 0 Å². The number of unbranched alkanes of at least 4 members (excludes halogenated alkanes) is 1. The van der Waals surface area contributed by atoms with Gasteiger partial charge in [0.05, 0.1) is 11.0 Å². The minimum Gasteiger partial charge on any atom is -0.243 e. The maximum Gasteiger partial charge on any atom is 0.0939 e. The second-order valence-corrected chi connectivity index (χ2v) is 4.22. The van der Waals surface area contributed by atoms with Gasteiger partial charge in [-0.2, -0.15) is 0 Å². The maximum absolute atomic E-state index is 11.3. The van der Waals surface area contributed by atoms with Crippen molar-refractivity contribution < 1.29 is 4.21 Å². The van der Waals surface area contributed by atoms with Crippen molar-refractivity contribution in [3.8, 4) is 0 Å². The lowest BCUT2D eigenvalue weighted by atomic mass is 10.3. The van der Waals surface area contributed by atoms with Gasteiger partial charge in [-0.15, -0.1) is 0 Å². The van der Waals surface area contributed by atoms with Crippen molar-refractivity contribution in [3.63, 3.8) is 0 Å². The van der Waals surface area contributed by atoms with Gasteiger partial charge in [0, 0.05) is 18.8 Å². The average Bonchev–Trinajstić information content (AvgIpc) is 2.05. The second kappa shape index (κ2) is 6.80. The van der Waals surface area contributed by atoms with Crippen molar-refractivity contribution in [2.24, 2.45) is 0 Å². The largest absolute Gasteiger partial charge is 0.243 e. The van der Waals surface area contributed by atoms with E-state index in [2.05, 4.69) is 13.8 Å². The maximum atomic E-state index is 11.3. The Bertz CT molecular complexity index is 117. The van der Waals surface area contributed by atoms with E-state index < -0.39 is 11.0 Å². The molecule has 68 valence electrons. The van der Waals surface area contributed by atoms with E-state index in [1.165, 1.54) is 6.42 Å². The lowest BCUT2D eigenvalue weighted by Crippen LogP contribution is -2.27. The van der Waals surface area contributed by atoms with E-state index in [1.54, 1.807) is 0 Å². The van der Waals surface area contributed by atoms with Crippen molar-refractivity contribution in [3.05, 3.63) is 0 Å². The highest BCUT2D eigenvalue weighted by Crippen LogP contribution is 1.98. The summed E-state index contributed by atoms with van der Waals surface area (Å²) in [5, 5.41) is 0. The Balaban J connectivity index is 3.65. The molecule has 0 N–H and O–H groups in total. The summed E-state index contributed by atoms with van der Waals surface area (Å²) in [6.07, 6.45) is 2.33. The zero-order valence-corrected chi connectivity index (χ0v) is 8.62. The molecule has 0 aromatic rings. The first-order valence-corrected chi connectivity index (χ1v) is 5.67. The molecule has 0 aliphatic carbocycles. The van der Waals surface area contributed by atoms with Crippen LogP contribution in [0.3, 0.4) is 0 Å². The van der Waals surface area contributed by atoms with Gasteiger partial charge < -0.3 is 0 Å². The number of hydrogen-bond acceptors (Lipinski definition) is 1. The van der Waals surface area contributed by atoms with Crippen LogP contribution in [0.5, 0.6) is 0 Å². The molecule has 2 nitrogen and oxygen atoms in total. The first-order chi connectivity index (χ1) is 5.26. The molecule has 0 heterocycles. The van der Waals surface area contributed by atoms with Gasteiger partial charge in [-0.3, -0.25) is 0 Å². The van der Waals surface area contributed by atoms with Gasteiger partial charge in [0.15, 0.2) is 0 Å². The number of hydrogen-bond donors (Lipinski definition) is 0. The van der Waals surface area contributed by atoms with Crippen LogP contribution in [0.25, 0.3) is 0 Å². The van der Waals surface area contributed by atoms with Crippen LogP contribution in [-0.2, 0) is 11.0 Å². The van der Waals surface area contributed by atoms with Crippen LogP contribution in [0.1, 0.15) is 33.6 Å². The summed E-state index contributed by atoms with van der Waals surface area (Å²) >= 11 is 0. The third kappa shape index (κ3) is 4.53. The van der Waals surface area contributed by atoms with Crippen LogP contribution in [0.15, 0.2) is 0 Å². The molecule has 0 saturated heterocycles. The minimum absolute atomic E-state index is 0.733. The first kappa shape index (κ1) is 11.1. The Morgan fingerprint density at radius 3 is 2.27 bits per heavy atom. The second-order valence-electron chi connectivity index (χ2n) is 2.49. The van der Waals surface area contributed by atoms with Gasteiger partial charge in [-0.25, -0.2) is 8.51 Å². The summed E-state index contributed by atoms with van der Waals surface area (Å²) in [5.41, 5.74) is 0. The molecule has 0 fully saturated rings. The molecule has 11 heavy (non-hydrogen) atoms. The molecule has 0 spiro atoms. The molecule has 0 aliphatic rings. The van der Waals surface area contributed by atoms with Gasteiger partial charge in [0.25, 0.3) is 0 Å². The Kier molecular flexibility index (Phi) is 6.87. The first-order valence-electron chi connectivity index (χ1n) is 4.39. The summed E-state index contributed by atoms with van der Waals surface area (Å²) in [4.78, 5) is 0. The lowest BCUT2D eigenvalue weighted by molar-refractivity contribution is 0.453. The summed E-state index contributed by atoms with van der Waals surface area (Å²) in [6.45, 7) is 8.06. The SMILES string of the molecule is CCCCN(CC)S(=O)CC. The van der Waals surface area contributed by atoms with E-state index in [1.807, 2.05) is 11.2 Å². The fourth-order valence-electron chi connectivity index (χ4n) is 0.921. The van der Waals surface area contributed by atoms with E-state index >= 15 is 0 Å². The van der Waals surface area contributed by atoms with Crippen LogP contribution in [-0.4, -0.2) is 27.4 Å². The van der Waals surface area contributed by atoms with Crippen molar-refractivity contribution in [1.29, 1.82) is 0 Å². The summed E-state index contributed by atoms with van der Waals surface area (Å²) in [5.74, 6) is 0.748. The van der Waals surface area contributed by atoms with Gasteiger partial charge in [-0.05, 0) is 6.42 Å². The molecule has 0 saturated carbocycles. The van der Waals surface area contributed by atoms with Crippen LogP contribution in [0.4, 0.5) is 0 Å². The third-order valence-electron chi connectivity index (χ3n) is 1.65. The quantitative estimate of drug-likeness (QED) is 0.606. The van der Waals surface area contributed by atoms with E-state index in [0.29, 0.717) is 0 Å². The van der Waals surface area contributed by atoms with Crippen molar-refractivity contribution >= 4 is 11.0 Å². The Morgan fingerprint density at radius 1 is 1.27 bits per heavy atom. The van der Waals surface area contributed by atoms with E-state index in [9.17, 15) is 4.21 Å². The van der Waals surface area contributed by atoms with Crippen molar-refractivity contribution in [2.45, 2.75) is 33.6 Å². The highest BCUT2D eigenvalue weighted by atomic mass is 32.2. The van der Waals surface area contributed by atoms with E-state index in [4.69, 9.17) is 0 Å². The van der Waals surface area contributed by atoms with Gasteiger partial charge in [0.1, 0.15) is 0 Å². The Labute approximate surface area is 72.6 Å². The summed E-state index contributed by atoms with van der Waals surface area (Å²) < 4.78 is 13.3. The van der Waals surface area contributed by atoms with Crippen molar-refractivity contribution in [2.75, 3.05) is 18.8 Å². The van der Waals surface area contributed by atoms with Crippen LogP contribution < -0.4 is 0 Å². The highest BCUT2D eigenvalue weighted by molar-refractivity contribution is 7.82. The monoisotopic (exact) mass is 177 g/mol. The van der Waals surface area contributed by atoms with Gasteiger partial charge in [-0.1, -0.05) is 27.2 Å². The summed E-state index contributed by atoms with van der Waals surface area (Å²) in [7, 11) is -0.733. The standard InChI is InChI=1S/C8H19NOS/c1-4-7-8-9(5-2)11(10)6-3/h4-8H2,1-3H3. The zero-order valence-electron chi connectivity index (χ0n) is 7.80. The topological polar surface area (TPSA) is 20.3 Å². The van der Waals surface area contributed by atoms with Crippen molar-refractivity contribution in [1.82, 2.24) is 4.31 Å². The minimum atomic E-state index is -0.733. The Morgan fingerprint density at radius 2 is 1.91 bits per heavy atom. The third-order valence-corrected chi connectivity index (χ3v) is 3.16. The van der Waals surface area contributed by atoms with Crippen LogP contribution >= 0.6 is 0 Å². The van der Waals surface area contributed by atoms with Crippen LogP contribution in [0, 0.1) is 0 Å². The molecule has 1 unspecified atom stereocenters.